The van der Waals surface area contributed by atoms with Gasteiger partial charge in [-0.1, -0.05) is 60.7 Å². The number of nitro benzene ring substituents is 1. The van der Waals surface area contributed by atoms with E-state index in [1.807, 2.05) is 48.5 Å². The van der Waals surface area contributed by atoms with Crippen LogP contribution in [0.4, 0.5) is 11.4 Å². The second-order valence-electron chi connectivity index (χ2n) is 10.4. The third-order valence-corrected chi connectivity index (χ3v) is 8.40. The number of furan rings is 1. The van der Waals surface area contributed by atoms with Crippen LogP contribution < -0.4 is 10.3 Å². The zero-order chi connectivity index (χ0) is 28.5. The molecule has 10 heteroatoms. The summed E-state index contributed by atoms with van der Waals surface area (Å²) in [5, 5.41) is 16.2. The Kier molecular flexibility index (Phi) is 5.30. The normalized spacial score (nSPS) is 23.8. The molecule has 2 bridgehead atoms. The van der Waals surface area contributed by atoms with E-state index in [0.29, 0.717) is 5.76 Å². The number of rotatable bonds is 5. The minimum Gasteiger partial charge on any atom is -0.456 e. The van der Waals surface area contributed by atoms with Gasteiger partial charge in [0.25, 0.3) is 5.69 Å². The molecule has 10 nitrogen and oxygen atoms in total. The molecular weight excluding hydrogens is 524 g/mol. The van der Waals surface area contributed by atoms with Crippen LogP contribution in [0.5, 0.6) is 0 Å². The molecule has 2 heterocycles. The Hall–Kier alpha value is -5.38. The van der Waals surface area contributed by atoms with Crippen LogP contribution in [0, 0.1) is 28.9 Å². The van der Waals surface area contributed by atoms with Gasteiger partial charge in [-0.3, -0.25) is 24.5 Å². The fraction of sp³-hybridized carbons (Fsp3) is 0.161. The fourth-order valence-electron chi connectivity index (χ4n) is 6.90. The van der Waals surface area contributed by atoms with Crippen molar-refractivity contribution in [3.8, 4) is 0 Å². The van der Waals surface area contributed by atoms with Gasteiger partial charge in [0, 0.05) is 18.2 Å². The summed E-state index contributed by atoms with van der Waals surface area (Å²) in [5.41, 5.74) is 4.21. The number of carbonyl (C=O) groups excluding carboxylic acids is 3. The second-order valence-corrected chi connectivity index (χ2v) is 10.4. The summed E-state index contributed by atoms with van der Waals surface area (Å²) < 4.78 is 5.41. The molecule has 1 N–H and O–H groups in total. The van der Waals surface area contributed by atoms with Gasteiger partial charge in [-0.25, -0.2) is 10.3 Å². The summed E-state index contributed by atoms with van der Waals surface area (Å²) in [6.45, 7) is 1.72. The first kappa shape index (κ1) is 24.6. The molecule has 0 unspecified atom stereocenters. The Balaban J connectivity index is 1.42. The van der Waals surface area contributed by atoms with Gasteiger partial charge in [0.1, 0.15) is 11.4 Å². The first-order chi connectivity index (χ1) is 19.8. The van der Waals surface area contributed by atoms with E-state index in [0.717, 1.165) is 27.2 Å². The molecule has 3 aromatic carbocycles. The molecular formula is C31H22N4O6. The van der Waals surface area contributed by atoms with Crippen molar-refractivity contribution in [1.82, 2.24) is 5.43 Å². The summed E-state index contributed by atoms with van der Waals surface area (Å²) in [6.07, 6.45) is 1.53. The lowest BCUT2D eigenvalue weighted by atomic mass is 9.47. The lowest BCUT2D eigenvalue weighted by Crippen LogP contribution is -2.54. The summed E-state index contributed by atoms with van der Waals surface area (Å²) in [6, 6.07) is 24.1. The van der Waals surface area contributed by atoms with E-state index in [9.17, 15) is 24.5 Å². The maximum Gasteiger partial charge on any atom is 0.307 e. The zero-order valence-electron chi connectivity index (χ0n) is 21.7. The van der Waals surface area contributed by atoms with E-state index in [2.05, 4.69) is 10.5 Å². The number of nitro groups is 1. The van der Waals surface area contributed by atoms with E-state index >= 15 is 0 Å². The van der Waals surface area contributed by atoms with Gasteiger partial charge in [-0.05, 0) is 47.4 Å². The number of anilines is 1. The summed E-state index contributed by atoms with van der Waals surface area (Å²) >= 11 is 0. The molecule has 1 aliphatic heterocycles. The van der Waals surface area contributed by atoms with Crippen molar-refractivity contribution in [2.24, 2.45) is 16.9 Å². The van der Waals surface area contributed by atoms with Crippen molar-refractivity contribution in [2.45, 2.75) is 18.3 Å². The molecule has 202 valence electrons. The predicted octanol–water partition coefficient (Wildman–Crippen LogP) is 4.46. The van der Waals surface area contributed by atoms with Gasteiger partial charge in [-0.2, -0.15) is 5.10 Å². The predicted molar refractivity (Wildman–Crippen MR) is 147 cm³/mol. The van der Waals surface area contributed by atoms with Gasteiger partial charge in [0.05, 0.1) is 22.2 Å². The van der Waals surface area contributed by atoms with Crippen molar-refractivity contribution >= 4 is 35.3 Å². The molecule has 3 amide bonds. The first-order valence-electron chi connectivity index (χ1n) is 13.1. The number of imide groups is 1. The number of nitrogens with one attached hydrogen (secondary N) is 1. The van der Waals surface area contributed by atoms with Crippen LogP contribution in [0.2, 0.25) is 0 Å². The van der Waals surface area contributed by atoms with Crippen molar-refractivity contribution in [2.75, 3.05) is 4.90 Å². The number of hydrogen-bond donors (Lipinski definition) is 1. The first-order valence-corrected chi connectivity index (χ1v) is 13.1. The average Bonchev–Trinajstić information content (AvgIpc) is 3.54. The Bertz CT molecular complexity index is 1780. The van der Waals surface area contributed by atoms with E-state index in [-0.39, 0.29) is 17.1 Å². The molecule has 0 radical (unpaired) electrons. The van der Waals surface area contributed by atoms with Gasteiger partial charge >= 0.3 is 5.91 Å². The standard InChI is InChI=1S/C31H22N4O6/c1-17-14-15-24(41-17)28(36)33-32-16-31-20-10-4-2-8-18(20)25(19-9-3-5-11-21(19)31)26-27(31)30(38)34(29(26)37)22-12-6-7-13-23(22)35(39)40/h2-16,25-27H,1H3,(H,33,36)/b32-16-/t25?,26-,27+,31?/m0/s1. The Labute approximate surface area is 233 Å². The van der Waals surface area contributed by atoms with Crippen molar-refractivity contribution in [3.05, 3.63) is 129 Å². The molecule has 4 aromatic rings. The van der Waals surface area contributed by atoms with Crippen LogP contribution in [0.3, 0.4) is 0 Å². The van der Waals surface area contributed by atoms with Gasteiger partial charge in [0.2, 0.25) is 11.8 Å². The number of para-hydroxylation sites is 2. The summed E-state index contributed by atoms with van der Waals surface area (Å²) in [5.74, 6) is -3.19. The lowest BCUT2D eigenvalue weighted by molar-refractivity contribution is -0.384. The summed E-state index contributed by atoms with van der Waals surface area (Å²) in [4.78, 5) is 53.6. The van der Waals surface area contributed by atoms with E-state index < -0.39 is 45.8 Å². The monoisotopic (exact) mass is 546 g/mol. The molecule has 2 atom stereocenters. The quantitative estimate of drug-likeness (QED) is 0.170. The van der Waals surface area contributed by atoms with Crippen LogP contribution in [0.15, 0.2) is 94.4 Å². The molecule has 8 rings (SSSR count). The van der Waals surface area contributed by atoms with Gasteiger partial charge in [0.15, 0.2) is 5.76 Å². The van der Waals surface area contributed by atoms with E-state index in [1.54, 1.807) is 19.1 Å². The third kappa shape index (κ3) is 3.30. The average molecular weight is 547 g/mol. The molecule has 1 aromatic heterocycles. The molecule has 1 saturated heterocycles. The Morgan fingerprint density at radius 2 is 1.59 bits per heavy atom. The Morgan fingerprint density at radius 1 is 0.951 bits per heavy atom. The van der Waals surface area contributed by atoms with Crippen molar-refractivity contribution < 1.29 is 23.7 Å². The number of carbonyl (C=O) groups is 3. The van der Waals surface area contributed by atoms with Gasteiger partial charge < -0.3 is 4.42 Å². The van der Waals surface area contributed by atoms with Crippen LogP contribution in [0.1, 0.15) is 44.5 Å². The maximum absolute atomic E-state index is 14.4. The van der Waals surface area contributed by atoms with Crippen LogP contribution in [0.25, 0.3) is 0 Å². The van der Waals surface area contributed by atoms with Gasteiger partial charge in [-0.15, -0.1) is 0 Å². The largest absolute Gasteiger partial charge is 0.456 e. The molecule has 0 spiro atoms. The number of nitrogens with zero attached hydrogens (tertiary/aromatic N) is 3. The second kappa shape index (κ2) is 8.82. The molecule has 4 aliphatic rings. The highest BCUT2D eigenvalue weighted by Gasteiger charge is 2.68. The van der Waals surface area contributed by atoms with Crippen LogP contribution in [-0.4, -0.2) is 28.9 Å². The van der Waals surface area contributed by atoms with Crippen LogP contribution in [-0.2, 0) is 15.0 Å². The number of hydrazone groups is 1. The number of aryl methyl sites for hydroxylation is 1. The van der Waals surface area contributed by atoms with E-state index in [1.165, 1.54) is 30.5 Å². The SMILES string of the molecule is Cc1ccc(C(=O)N/N=C\C23c4ccccc4C(c4ccccc42)[C@@H]2C(=O)N(c4ccccc4[N+](=O)[O-])C(=O)[C@@H]23)o1. The maximum atomic E-state index is 14.4. The fourth-order valence-corrected chi connectivity index (χ4v) is 6.90. The molecule has 3 aliphatic carbocycles. The van der Waals surface area contributed by atoms with E-state index in [4.69, 9.17) is 4.42 Å². The van der Waals surface area contributed by atoms with Crippen LogP contribution >= 0.6 is 0 Å². The third-order valence-electron chi connectivity index (χ3n) is 8.40. The minimum atomic E-state index is -1.23. The number of amides is 3. The lowest BCUT2D eigenvalue weighted by Gasteiger charge is -2.52. The van der Waals surface area contributed by atoms with Crippen molar-refractivity contribution in [1.29, 1.82) is 0 Å². The highest BCUT2D eigenvalue weighted by molar-refractivity contribution is 6.25. The molecule has 1 fully saturated rings. The summed E-state index contributed by atoms with van der Waals surface area (Å²) in [7, 11) is 0. The highest BCUT2D eigenvalue weighted by atomic mass is 16.6. The number of benzene rings is 3. The number of hydrogen-bond acceptors (Lipinski definition) is 7. The molecule has 0 saturated carbocycles. The Morgan fingerprint density at radius 3 is 2.22 bits per heavy atom. The minimum absolute atomic E-state index is 0.0667. The topological polar surface area (TPSA) is 135 Å². The molecule has 41 heavy (non-hydrogen) atoms. The smallest absolute Gasteiger partial charge is 0.307 e. The highest BCUT2D eigenvalue weighted by Crippen LogP contribution is 2.63. The zero-order valence-corrected chi connectivity index (χ0v) is 21.7. The van der Waals surface area contributed by atoms with Crippen molar-refractivity contribution in [3.63, 3.8) is 0 Å².